The van der Waals surface area contributed by atoms with Crippen molar-refractivity contribution in [3.8, 4) is 0 Å². The van der Waals surface area contributed by atoms with E-state index < -0.39 is 22.4 Å². The molecule has 0 bridgehead atoms. The van der Waals surface area contributed by atoms with Gasteiger partial charge in [0, 0.05) is 18.2 Å². The molecule has 126 valence electrons. The fourth-order valence-electron chi connectivity index (χ4n) is 2.79. The smallest absolute Gasteiger partial charge is 0.377 e. The molecule has 3 rings (SSSR count). The van der Waals surface area contributed by atoms with Gasteiger partial charge >= 0.3 is 5.97 Å². The summed E-state index contributed by atoms with van der Waals surface area (Å²) in [5.74, 6) is -1.08. The Labute approximate surface area is 133 Å². The summed E-state index contributed by atoms with van der Waals surface area (Å²) in [5.41, 5.74) is 0.541. The molecule has 1 saturated heterocycles. The van der Waals surface area contributed by atoms with Gasteiger partial charge in [-0.05, 0) is 26.2 Å². The predicted octanol–water partition coefficient (Wildman–Crippen LogP) is 0.318. The number of carbonyl (C=O) groups excluding carboxylic acids is 2. The van der Waals surface area contributed by atoms with Crippen LogP contribution in [-0.4, -0.2) is 60.5 Å². The maximum absolute atomic E-state index is 12.4. The van der Waals surface area contributed by atoms with Crippen LogP contribution in [0.25, 0.3) is 0 Å². The van der Waals surface area contributed by atoms with Crippen molar-refractivity contribution in [3.05, 3.63) is 17.5 Å². The monoisotopic (exact) mass is 342 g/mol. The Bertz CT molecular complexity index is 721. The van der Waals surface area contributed by atoms with Gasteiger partial charge in [0.1, 0.15) is 0 Å². The second kappa shape index (κ2) is 5.95. The van der Waals surface area contributed by atoms with Crippen LogP contribution in [0.3, 0.4) is 0 Å². The summed E-state index contributed by atoms with van der Waals surface area (Å²) in [6, 6.07) is 1.17. The summed E-state index contributed by atoms with van der Waals surface area (Å²) in [4.78, 5) is 25.7. The van der Waals surface area contributed by atoms with E-state index in [1.54, 1.807) is 11.8 Å². The largest absolute Gasteiger partial charge is 0.450 e. The molecule has 1 aromatic heterocycles. The van der Waals surface area contributed by atoms with Gasteiger partial charge in [0.2, 0.25) is 5.76 Å². The zero-order valence-corrected chi connectivity index (χ0v) is 13.5. The Morgan fingerprint density at radius 2 is 2.09 bits per heavy atom. The van der Waals surface area contributed by atoms with Crippen molar-refractivity contribution in [2.24, 2.45) is 0 Å². The number of esters is 1. The summed E-state index contributed by atoms with van der Waals surface area (Å²) < 4.78 is 33.0. The lowest BCUT2D eigenvalue weighted by atomic mass is 10.2. The minimum Gasteiger partial charge on any atom is -0.450 e. The number of carbonyl (C=O) groups is 2. The van der Waals surface area contributed by atoms with E-state index in [-0.39, 0.29) is 35.3 Å². The van der Waals surface area contributed by atoms with Gasteiger partial charge in [0.25, 0.3) is 5.91 Å². The maximum atomic E-state index is 12.4. The molecule has 1 atom stereocenters. The van der Waals surface area contributed by atoms with Crippen molar-refractivity contribution in [2.75, 3.05) is 18.1 Å². The van der Waals surface area contributed by atoms with Crippen LogP contribution in [0.4, 0.5) is 0 Å². The van der Waals surface area contributed by atoms with Crippen molar-refractivity contribution in [1.82, 2.24) is 10.1 Å². The first kappa shape index (κ1) is 16.0. The number of hydrogen-bond donors (Lipinski definition) is 0. The molecule has 1 amide bonds. The summed E-state index contributed by atoms with van der Waals surface area (Å²) in [5, 5.41) is 3.58. The Hall–Kier alpha value is -1.90. The van der Waals surface area contributed by atoms with Crippen LogP contribution in [0.2, 0.25) is 0 Å². The highest BCUT2D eigenvalue weighted by atomic mass is 32.2. The molecule has 1 aliphatic carbocycles. The number of aryl methyl sites for hydroxylation is 1. The van der Waals surface area contributed by atoms with Crippen LogP contribution in [0.5, 0.6) is 0 Å². The predicted molar refractivity (Wildman–Crippen MR) is 78.4 cm³/mol. The van der Waals surface area contributed by atoms with E-state index in [9.17, 15) is 18.0 Å². The van der Waals surface area contributed by atoms with Crippen LogP contribution in [0.15, 0.2) is 10.6 Å². The molecule has 8 nitrogen and oxygen atoms in total. The Kier molecular flexibility index (Phi) is 4.13. The molecule has 2 heterocycles. The zero-order valence-electron chi connectivity index (χ0n) is 12.7. The summed E-state index contributed by atoms with van der Waals surface area (Å²) >= 11 is 0. The summed E-state index contributed by atoms with van der Waals surface area (Å²) in [6.07, 6.45) is 2.16. The van der Waals surface area contributed by atoms with Crippen LogP contribution in [0.1, 0.15) is 35.5 Å². The molecule has 0 radical (unpaired) electrons. The standard InChI is InChI=1S/C14H18N2O6S/c1-9-6-12(22-15-9)14(18)21-7-13(17)16(10-2-3-10)11-4-5-23(19,20)8-11/h6,10-11H,2-5,7-8H2,1H3/t11-/m0/s1. The molecule has 2 aliphatic rings. The Morgan fingerprint density at radius 1 is 1.35 bits per heavy atom. The van der Waals surface area contributed by atoms with Crippen LogP contribution < -0.4 is 0 Å². The van der Waals surface area contributed by atoms with Crippen molar-refractivity contribution in [3.63, 3.8) is 0 Å². The van der Waals surface area contributed by atoms with Crippen LogP contribution >= 0.6 is 0 Å². The SMILES string of the molecule is Cc1cc(C(=O)OCC(=O)N(C2CC2)[C@H]2CCS(=O)(=O)C2)on1. The van der Waals surface area contributed by atoms with Crippen molar-refractivity contribution in [1.29, 1.82) is 0 Å². The van der Waals surface area contributed by atoms with E-state index in [0.29, 0.717) is 12.1 Å². The maximum Gasteiger partial charge on any atom is 0.377 e. The zero-order chi connectivity index (χ0) is 16.6. The first-order valence-corrected chi connectivity index (χ1v) is 9.30. The Balaban J connectivity index is 1.60. The minimum atomic E-state index is -3.08. The molecule has 0 aromatic carbocycles. The fraction of sp³-hybridized carbons (Fsp3) is 0.643. The van der Waals surface area contributed by atoms with Gasteiger partial charge in [0.15, 0.2) is 16.4 Å². The second-order valence-electron chi connectivity index (χ2n) is 6.00. The number of sulfone groups is 1. The van der Waals surface area contributed by atoms with E-state index in [0.717, 1.165) is 12.8 Å². The minimum absolute atomic E-state index is 0.00944. The highest BCUT2D eigenvalue weighted by Gasteiger charge is 2.42. The van der Waals surface area contributed by atoms with E-state index in [1.807, 2.05) is 0 Å². The molecule has 1 saturated carbocycles. The van der Waals surface area contributed by atoms with Gasteiger partial charge in [0.05, 0.1) is 17.2 Å². The van der Waals surface area contributed by atoms with Crippen LogP contribution in [0, 0.1) is 6.92 Å². The number of hydrogen-bond acceptors (Lipinski definition) is 7. The topological polar surface area (TPSA) is 107 Å². The first-order valence-electron chi connectivity index (χ1n) is 7.48. The summed E-state index contributed by atoms with van der Waals surface area (Å²) in [7, 11) is -3.08. The van der Waals surface area contributed by atoms with Gasteiger partial charge in [-0.3, -0.25) is 4.79 Å². The third kappa shape index (κ3) is 3.72. The average Bonchev–Trinajstić information content (AvgIpc) is 3.11. The lowest BCUT2D eigenvalue weighted by Crippen LogP contribution is -2.44. The number of aromatic nitrogens is 1. The van der Waals surface area contributed by atoms with E-state index >= 15 is 0 Å². The molecule has 2 fully saturated rings. The second-order valence-corrected chi connectivity index (χ2v) is 8.23. The van der Waals surface area contributed by atoms with Gasteiger partial charge in [-0.2, -0.15) is 0 Å². The third-order valence-electron chi connectivity index (χ3n) is 3.99. The van der Waals surface area contributed by atoms with Gasteiger partial charge in [-0.25, -0.2) is 13.2 Å². The van der Waals surface area contributed by atoms with Crippen molar-refractivity contribution >= 4 is 21.7 Å². The molecular weight excluding hydrogens is 324 g/mol. The molecular formula is C14H18N2O6S. The van der Waals surface area contributed by atoms with E-state index in [4.69, 9.17) is 9.26 Å². The quantitative estimate of drug-likeness (QED) is 0.709. The average molecular weight is 342 g/mol. The number of amides is 1. The van der Waals surface area contributed by atoms with Crippen molar-refractivity contribution < 1.29 is 27.3 Å². The van der Waals surface area contributed by atoms with E-state index in [1.165, 1.54) is 6.07 Å². The molecule has 0 N–H and O–H groups in total. The van der Waals surface area contributed by atoms with Crippen molar-refractivity contribution in [2.45, 2.75) is 38.3 Å². The molecule has 0 spiro atoms. The molecule has 9 heteroatoms. The highest BCUT2D eigenvalue weighted by molar-refractivity contribution is 7.91. The van der Waals surface area contributed by atoms with Gasteiger partial charge < -0.3 is 14.2 Å². The molecule has 1 aromatic rings. The first-order chi connectivity index (χ1) is 10.9. The number of ether oxygens (including phenoxy) is 1. The lowest BCUT2D eigenvalue weighted by Gasteiger charge is -2.28. The summed E-state index contributed by atoms with van der Waals surface area (Å²) in [6.45, 7) is 1.24. The lowest BCUT2D eigenvalue weighted by molar-refractivity contribution is -0.137. The molecule has 1 aliphatic heterocycles. The van der Waals surface area contributed by atoms with Gasteiger partial charge in [-0.15, -0.1) is 0 Å². The van der Waals surface area contributed by atoms with E-state index in [2.05, 4.69) is 5.16 Å². The number of nitrogens with zero attached hydrogens (tertiary/aromatic N) is 2. The Morgan fingerprint density at radius 3 is 2.61 bits per heavy atom. The third-order valence-corrected chi connectivity index (χ3v) is 5.74. The molecule has 0 unspecified atom stereocenters. The normalized spacial score (nSPS) is 22.7. The highest BCUT2D eigenvalue weighted by Crippen LogP contribution is 2.32. The fourth-order valence-corrected chi connectivity index (χ4v) is 4.50. The number of rotatable bonds is 5. The van der Waals surface area contributed by atoms with Gasteiger partial charge in [-0.1, -0.05) is 5.16 Å². The van der Waals surface area contributed by atoms with Crippen LogP contribution in [-0.2, 0) is 19.4 Å². The molecule has 23 heavy (non-hydrogen) atoms.